The van der Waals surface area contributed by atoms with Gasteiger partial charge in [0.25, 0.3) is 0 Å². The largest absolute Gasteiger partial charge is 0.494 e. The van der Waals surface area contributed by atoms with Gasteiger partial charge in [0.1, 0.15) is 5.75 Å². The van der Waals surface area contributed by atoms with Crippen LogP contribution in [0.4, 0.5) is 4.79 Å². The summed E-state index contributed by atoms with van der Waals surface area (Å²) in [6, 6.07) is 7.78. The molecular formula is C17H28N2O3. The fraction of sp³-hybridized carbons (Fsp3) is 0.588. The molecule has 1 atom stereocenters. The molecule has 1 aromatic rings. The Morgan fingerprint density at radius 2 is 2.00 bits per heavy atom. The molecule has 5 nitrogen and oxygen atoms in total. The number of ether oxygens (including phenoxy) is 2. The van der Waals surface area contributed by atoms with Crippen molar-refractivity contribution in [2.24, 2.45) is 0 Å². The van der Waals surface area contributed by atoms with Gasteiger partial charge in [-0.3, -0.25) is 0 Å². The zero-order valence-electron chi connectivity index (χ0n) is 14.1. The van der Waals surface area contributed by atoms with E-state index in [0.29, 0.717) is 26.2 Å². The number of carbonyl (C=O) groups is 1. The van der Waals surface area contributed by atoms with E-state index in [9.17, 15) is 4.79 Å². The van der Waals surface area contributed by atoms with Crippen LogP contribution in [0.15, 0.2) is 24.3 Å². The first kappa shape index (κ1) is 18.3. The van der Waals surface area contributed by atoms with Gasteiger partial charge < -0.3 is 20.1 Å². The molecule has 1 rings (SSSR count). The van der Waals surface area contributed by atoms with Crippen LogP contribution in [-0.4, -0.2) is 38.4 Å². The topological polar surface area (TPSA) is 59.6 Å². The highest BCUT2D eigenvalue weighted by Crippen LogP contribution is 2.25. The zero-order chi connectivity index (χ0) is 16.4. The second-order valence-electron chi connectivity index (χ2n) is 5.51. The SMILES string of the molecule is CCNC(=O)NC(C)(CCOC)Cc1ccccc1OCC. The lowest BCUT2D eigenvalue weighted by atomic mass is 9.89. The number of methoxy groups -OCH3 is 1. The number of rotatable bonds is 9. The molecular weight excluding hydrogens is 280 g/mol. The van der Waals surface area contributed by atoms with E-state index in [1.54, 1.807) is 7.11 Å². The minimum Gasteiger partial charge on any atom is -0.494 e. The molecule has 2 N–H and O–H groups in total. The van der Waals surface area contributed by atoms with Crippen LogP contribution in [-0.2, 0) is 11.2 Å². The van der Waals surface area contributed by atoms with Gasteiger partial charge in [0, 0.05) is 25.8 Å². The molecule has 124 valence electrons. The molecule has 0 radical (unpaired) electrons. The van der Waals surface area contributed by atoms with Crippen LogP contribution < -0.4 is 15.4 Å². The summed E-state index contributed by atoms with van der Waals surface area (Å²) in [4.78, 5) is 11.9. The summed E-state index contributed by atoms with van der Waals surface area (Å²) >= 11 is 0. The lowest BCUT2D eigenvalue weighted by Gasteiger charge is -2.31. The smallest absolute Gasteiger partial charge is 0.315 e. The van der Waals surface area contributed by atoms with E-state index < -0.39 is 5.54 Å². The van der Waals surface area contributed by atoms with Crippen LogP contribution in [0.5, 0.6) is 5.75 Å². The number of amides is 2. The highest BCUT2D eigenvalue weighted by molar-refractivity contribution is 5.74. The number of hydrogen-bond donors (Lipinski definition) is 2. The number of benzene rings is 1. The molecule has 0 aromatic heterocycles. The summed E-state index contributed by atoms with van der Waals surface area (Å²) in [6.07, 6.45) is 1.41. The second-order valence-corrected chi connectivity index (χ2v) is 5.51. The third kappa shape index (κ3) is 5.93. The normalized spacial score (nSPS) is 13.3. The van der Waals surface area contributed by atoms with Crippen LogP contribution in [0.3, 0.4) is 0 Å². The Bertz CT molecular complexity index is 465. The molecule has 2 amide bonds. The Labute approximate surface area is 133 Å². The van der Waals surface area contributed by atoms with Gasteiger partial charge >= 0.3 is 6.03 Å². The number of carbonyl (C=O) groups excluding carboxylic acids is 1. The van der Waals surface area contributed by atoms with Crippen molar-refractivity contribution in [1.29, 1.82) is 0 Å². The Hall–Kier alpha value is -1.75. The molecule has 1 unspecified atom stereocenters. The average molecular weight is 308 g/mol. The molecule has 0 aliphatic heterocycles. The van der Waals surface area contributed by atoms with Gasteiger partial charge in [0.2, 0.25) is 0 Å². The highest BCUT2D eigenvalue weighted by atomic mass is 16.5. The van der Waals surface area contributed by atoms with E-state index >= 15 is 0 Å². The van der Waals surface area contributed by atoms with Crippen molar-refractivity contribution in [3.8, 4) is 5.75 Å². The molecule has 0 fully saturated rings. The third-order valence-corrected chi connectivity index (χ3v) is 3.46. The molecule has 0 saturated heterocycles. The van der Waals surface area contributed by atoms with E-state index in [4.69, 9.17) is 9.47 Å². The van der Waals surface area contributed by atoms with Crippen molar-refractivity contribution in [2.45, 2.75) is 39.2 Å². The van der Waals surface area contributed by atoms with Crippen molar-refractivity contribution >= 4 is 6.03 Å². The summed E-state index contributed by atoms with van der Waals surface area (Å²) in [5.74, 6) is 0.867. The molecule has 0 heterocycles. The maximum Gasteiger partial charge on any atom is 0.315 e. The Kier molecular flexibility index (Phi) is 7.74. The fourth-order valence-corrected chi connectivity index (χ4v) is 2.37. The van der Waals surface area contributed by atoms with E-state index in [1.807, 2.05) is 45.0 Å². The Morgan fingerprint density at radius 1 is 1.27 bits per heavy atom. The molecule has 0 spiro atoms. The van der Waals surface area contributed by atoms with Crippen LogP contribution in [0.2, 0.25) is 0 Å². The minimum atomic E-state index is -0.400. The minimum absolute atomic E-state index is 0.157. The molecule has 0 bridgehead atoms. The first-order valence-corrected chi connectivity index (χ1v) is 7.80. The lowest BCUT2D eigenvalue weighted by Crippen LogP contribution is -2.52. The van der Waals surface area contributed by atoms with Crippen molar-refractivity contribution in [1.82, 2.24) is 10.6 Å². The zero-order valence-corrected chi connectivity index (χ0v) is 14.1. The van der Waals surface area contributed by atoms with E-state index in [-0.39, 0.29) is 6.03 Å². The van der Waals surface area contributed by atoms with Gasteiger partial charge in [-0.1, -0.05) is 18.2 Å². The number of nitrogens with one attached hydrogen (secondary N) is 2. The molecule has 0 aliphatic rings. The van der Waals surface area contributed by atoms with E-state index in [1.165, 1.54) is 0 Å². The van der Waals surface area contributed by atoms with Crippen LogP contribution >= 0.6 is 0 Å². The van der Waals surface area contributed by atoms with Crippen molar-refractivity contribution < 1.29 is 14.3 Å². The molecule has 0 saturated carbocycles. The van der Waals surface area contributed by atoms with Gasteiger partial charge in [-0.25, -0.2) is 4.79 Å². The summed E-state index contributed by atoms with van der Waals surface area (Å²) < 4.78 is 10.9. The Balaban J connectivity index is 2.90. The molecule has 0 aliphatic carbocycles. The highest BCUT2D eigenvalue weighted by Gasteiger charge is 2.27. The first-order chi connectivity index (χ1) is 10.5. The summed E-state index contributed by atoms with van der Waals surface area (Å²) in [6.45, 7) is 7.70. The average Bonchev–Trinajstić information content (AvgIpc) is 2.47. The summed E-state index contributed by atoms with van der Waals surface area (Å²) in [7, 11) is 1.67. The standard InChI is InChI=1S/C17H28N2O3/c1-5-18-16(20)19-17(3,11-12-21-4)13-14-9-7-8-10-15(14)22-6-2/h7-10H,5-6,11-13H2,1-4H3,(H2,18,19,20). The predicted molar refractivity (Wildman–Crippen MR) is 88.4 cm³/mol. The van der Waals surface area contributed by atoms with E-state index in [2.05, 4.69) is 10.6 Å². The lowest BCUT2D eigenvalue weighted by molar-refractivity contribution is 0.158. The van der Waals surface area contributed by atoms with E-state index in [0.717, 1.165) is 17.7 Å². The summed E-state index contributed by atoms with van der Waals surface area (Å²) in [5.41, 5.74) is 0.683. The molecule has 22 heavy (non-hydrogen) atoms. The van der Waals surface area contributed by atoms with Crippen LogP contribution in [0, 0.1) is 0 Å². The van der Waals surface area contributed by atoms with Gasteiger partial charge in [-0.05, 0) is 45.2 Å². The third-order valence-electron chi connectivity index (χ3n) is 3.46. The molecule has 1 aromatic carbocycles. The van der Waals surface area contributed by atoms with Crippen molar-refractivity contribution in [2.75, 3.05) is 26.9 Å². The van der Waals surface area contributed by atoms with Crippen molar-refractivity contribution in [3.05, 3.63) is 29.8 Å². The monoisotopic (exact) mass is 308 g/mol. The number of urea groups is 1. The molecule has 5 heteroatoms. The first-order valence-electron chi connectivity index (χ1n) is 7.80. The Morgan fingerprint density at radius 3 is 2.64 bits per heavy atom. The fourth-order valence-electron chi connectivity index (χ4n) is 2.37. The summed E-state index contributed by atoms with van der Waals surface area (Å²) in [5, 5.41) is 5.84. The van der Waals surface area contributed by atoms with Gasteiger partial charge in [-0.2, -0.15) is 0 Å². The number of hydrogen-bond acceptors (Lipinski definition) is 3. The maximum atomic E-state index is 11.9. The van der Waals surface area contributed by atoms with Crippen LogP contribution in [0.25, 0.3) is 0 Å². The predicted octanol–water partition coefficient (Wildman–Crippen LogP) is 2.74. The maximum absolute atomic E-state index is 11.9. The van der Waals surface area contributed by atoms with Gasteiger partial charge in [0.15, 0.2) is 0 Å². The second kappa shape index (κ2) is 9.30. The van der Waals surface area contributed by atoms with Gasteiger partial charge in [-0.15, -0.1) is 0 Å². The van der Waals surface area contributed by atoms with Gasteiger partial charge in [0.05, 0.1) is 6.61 Å². The quantitative estimate of drug-likeness (QED) is 0.737. The number of para-hydroxylation sites is 1. The van der Waals surface area contributed by atoms with Crippen molar-refractivity contribution in [3.63, 3.8) is 0 Å². The van der Waals surface area contributed by atoms with Crippen LogP contribution in [0.1, 0.15) is 32.8 Å².